The van der Waals surface area contributed by atoms with E-state index in [0.717, 1.165) is 37.9 Å². The number of aromatic nitrogens is 4. The summed E-state index contributed by atoms with van der Waals surface area (Å²) in [6.07, 6.45) is 8.88. The summed E-state index contributed by atoms with van der Waals surface area (Å²) >= 11 is 0. The number of hydrogen-bond acceptors (Lipinski definition) is 5. The van der Waals surface area contributed by atoms with Crippen LogP contribution in [0.5, 0.6) is 0 Å². The third kappa shape index (κ3) is 4.04. The lowest BCUT2D eigenvalue weighted by Crippen LogP contribution is -2.35. The number of rotatable bonds is 7. The SMILES string of the molecule is CCCCn1ccnc1[C@@H]1CCCN(Cc2nc(C(C)C)no2)C1. The maximum Gasteiger partial charge on any atom is 0.240 e. The van der Waals surface area contributed by atoms with Crippen LogP contribution in [0.4, 0.5) is 0 Å². The monoisotopic (exact) mass is 331 g/mol. The molecule has 6 nitrogen and oxygen atoms in total. The lowest BCUT2D eigenvalue weighted by Gasteiger charge is -2.31. The molecule has 132 valence electrons. The Bertz CT molecular complexity index is 633. The van der Waals surface area contributed by atoms with Gasteiger partial charge in [-0.1, -0.05) is 32.3 Å². The Hall–Kier alpha value is -1.69. The van der Waals surface area contributed by atoms with E-state index < -0.39 is 0 Å². The Balaban J connectivity index is 1.62. The molecule has 0 bridgehead atoms. The van der Waals surface area contributed by atoms with E-state index in [9.17, 15) is 0 Å². The van der Waals surface area contributed by atoms with Crippen molar-refractivity contribution in [3.8, 4) is 0 Å². The number of piperidine rings is 1. The Morgan fingerprint density at radius 2 is 2.25 bits per heavy atom. The molecule has 3 heterocycles. The summed E-state index contributed by atoms with van der Waals surface area (Å²) in [5, 5.41) is 4.07. The largest absolute Gasteiger partial charge is 0.338 e. The van der Waals surface area contributed by atoms with Crippen molar-refractivity contribution in [1.29, 1.82) is 0 Å². The lowest BCUT2D eigenvalue weighted by atomic mass is 9.97. The van der Waals surface area contributed by atoms with Gasteiger partial charge in [-0.25, -0.2) is 4.98 Å². The van der Waals surface area contributed by atoms with Crippen molar-refractivity contribution in [3.63, 3.8) is 0 Å². The van der Waals surface area contributed by atoms with E-state index in [0.29, 0.717) is 11.8 Å². The summed E-state index contributed by atoms with van der Waals surface area (Å²) in [5.41, 5.74) is 0. The summed E-state index contributed by atoms with van der Waals surface area (Å²) in [4.78, 5) is 11.6. The Labute approximate surface area is 144 Å². The normalized spacial score (nSPS) is 19.2. The molecule has 1 saturated heterocycles. The van der Waals surface area contributed by atoms with Crippen LogP contribution in [-0.4, -0.2) is 37.7 Å². The van der Waals surface area contributed by atoms with Crippen LogP contribution in [-0.2, 0) is 13.1 Å². The Kier molecular flexibility index (Phi) is 5.66. The van der Waals surface area contributed by atoms with Crippen LogP contribution in [0.25, 0.3) is 0 Å². The molecule has 1 aliphatic heterocycles. The second-order valence-corrected chi connectivity index (χ2v) is 7.11. The van der Waals surface area contributed by atoms with Crippen LogP contribution in [0, 0.1) is 0 Å². The predicted molar refractivity (Wildman–Crippen MR) is 92.8 cm³/mol. The Morgan fingerprint density at radius 3 is 3.00 bits per heavy atom. The fourth-order valence-electron chi connectivity index (χ4n) is 3.37. The summed E-state index contributed by atoms with van der Waals surface area (Å²) < 4.78 is 7.74. The molecular formula is C18H29N5O. The van der Waals surface area contributed by atoms with Crippen LogP contribution in [0.3, 0.4) is 0 Å². The fraction of sp³-hybridized carbons (Fsp3) is 0.722. The molecule has 0 saturated carbocycles. The molecule has 6 heteroatoms. The third-order valence-electron chi connectivity index (χ3n) is 4.73. The topological polar surface area (TPSA) is 60.0 Å². The van der Waals surface area contributed by atoms with Gasteiger partial charge in [-0.2, -0.15) is 4.98 Å². The molecule has 0 amide bonds. The maximum atomic E-state index is 5.41. The highest BCUT2D eigenvalue weighted by Crippen LogP contribution is 2.27. The molecule has 1 fully saturated rings. The predicted octanol–water partition coefficient (Wildman–Crippen LogP) is 3.57. The Morgan fingerprint density at radius 1 is 1.38 bits per heavy atom. The average Bonchev–Trinajstić information content (AvgIpc) is 3.22. The number of hydrogen-bond donors (Lipinski definition) is 0. The second kappa shape index (κ2) is 7.92. The summed E-state index contributed by atoms with van der Waals surface area (Å²) in [6.45, 7) is 10.3. The van der Waals surface area contributed by atoms with Crippen molar-refractivity contribution >= 4 is 0 Å². The molecule has 24 heavy (non-hydrogen) atoms. The van der Waals surface area contributed by atoms with E-state index in [1.54, 1.807) is 0 Å². The molecule has 1 atom stereocenters. The van der Waals surface area contributed by atoms with Crippen molar-refractivity contribution in [3.05, 3.63) is 29.9 Å². The van der Waals surface area contributed by atoms with E-state index >= 15 is 0 Å². The van der Waals surface area contributed by atoms with Crippen molar-refractivity contribution < 1.29 is 4.52 Å². The second-order valence-electron chi connectivity index (χ2n) is 7.11. The quantitative estimate of drug-likeness (QED) is 0.776. The molecule has 0 N–H and O–H groups in total. The van der Waals surface area contributed by atoms with Gasteiger partial charge in [0.15, 0.2) is 5.82 Å². The van der Waals surface area contributed by atoms with Gasteiger partial charge in [0, 0.05) is 37.3 Å². The molecule has 0 radical (unpaired) electrons. The minimum atomic E-state index is 0.308. The smallest absolute Gasteiger partial charge is 0.240 e. The van der Waals surface area contributed by atoms with E-state index in [2.05, 4.69) is 51.6 Å². The highest BCUT2D eigenvalue weighted by atomic mass is 16.5. The number of nitrogens with zero attached hydrogens (tertiary/aromatic N) is 5. The van der Waals surface area contributed by atoms with Gasteiger partial charge < -0.3 is 9.09 Å². The number of aryl methyl sites for hydroxylation is 1. The van der Waals surface area contributed by atoms with E-state index in [-0.39, 0.29) is 0 Å². The molecule has 0 spiro atoms. The highest BCUT2D eigenvalue weighted by Gasteiger charge is 2.26. The molecule has 1 aliphatic rings. The van der Waals surface area contributed by atoms with Gasteiger partial charge in [0.2, 0.25) is 5.89 Å². The van der Waals surface area contributed by atoms with E-state index in [4.69, 9.17) is 4.52 Å². The first-order valence-electron chi connectivity index (χ1n) is 9.23. The van der Waals surface area contributed by atoms with Crippen LogP contribution in [0.2, 0.25) is 0 Å². The van der Waals surface area contributed by atoms with Crippen molar-refractivity contribution in [2.75, 3.05) is 13.1 Å². The third-order valence-corrected chi connectivity index (χ3v) is 4.73. The molecule has 3 rings (SSSR count). The number of unbranched alkanes of at least 4 members (excludes halogenated alkanes) is 1. The fourth-order valence-corrected chi connectivity index (χ4v) is 3.37. The van der Waals surface area contributed by atoms with Gasteiger partial charge in [0.25, 0.3) is 0 Å². The number of imidazole rings is 1. The van der Waals surface area contributed by atoms with Gasteiger partial charge in [0.05, 0.1) is 6.54 Å². The van der Waals surface area contributed by atoms with Crippen molar-refractivity contribution in [2.24, 2.45) is 0 Å². The van der Waals surface area contributed by atoms with E-state index in [1.165, 1.54) is 31.5 Å². The van der Waals surface area contributed by atoms with Gasteiger partial charge in [-0.3, -0.25) is 4.90 Å². The van der Waals surface area contributed by atoms with E-state index in [1.807, 2.05) is 6.20 Å². The molecule has 2 aromatic heterocycles. The molecule has 0 aliphatic carbocycles. The first-order chi connectivity index (χ1) is 11.7. The van der Waals surface area contributed by atoms with Gasteiger partial charge >= 0.3 is 0 Å². The van der Waals surface area contributed by atoms with Crippen LogP contribution < -0.4 is 0 Å². The van der Waals surface area contributed by atoms with Crippen molar-refractivity contribution in [2.45, 2.75) is 71.4 Å². The molecule has 0 unspecified atom stereocenters. The average molecular weight is 331 g/mol. The standard InChI is InChI=1S/C18H29N5O/c1-4-5-10-23-11-8-19-18(23)15-7-6-9-22(12-15)13-16-20-17(14(2)3)21-24-16/h8,11,14-15H,4-7,9-10,12-13H2,1-3H3/t15-/m1/s1. The minimum absolute atomic E-state index is 0.308. The summed E-state index contributed by atoms with van der Waals surface area (Å²) in [7, 11) is 0. The zero-order valence-corrected chi connectivity index (χ0v) is 15.1. The van der Waals surface area contributed by atoms with Crippen molar-refractivity contribution in [1.82, 2.24) is 24.6 Å². The lowest BCUT2D eigenvalue weighted by molar-refractivity contribution is 0.172. The molecular weight excluding hydrogens is 302 g/mol. The minimum Gasteiger partial charge on any atom is -0.338 e. The zero-order valence-electron chi connectivity index (χ0n) is 15.1. The van der Waals surface area contributed by atoms with Gasteiger partial charge in [-0.05, 0) is 25.8 Å². The van der Waals surface area contributed by atoms with Gasteiger partial charge in [-0.15, -0.1) is 0 Å². The summed E-state index contributed by atoms with van der Waals surface area (Å²) in [6, 6.07) is 0. The zero-order chi connectivity index (χ0) is 16.9. The highest BCUT2D eigenvalue weighted by molar-refractivity contribution is 5.03. The first kappa shape index (κ1) is 17.1. The molecule has 0 aromatic carbocycles. The van der Waals surface area contributed by atoms with Crippen LogP contribution in [0.15, 0.2) is 16.9 Å². The van der Waals surface area contributed by atoms with Gasteiger partial charge in [0.1, 0.15) is 5.82 Å². The molecule has 2 aromatic rings. The summed E-state index contributed by atoms with van der Waals surface area (Å²) in [5.74, 6) is 3.57. The number of likely N-dealkylation sites (tertiary alicyclic amines) is 1. The first-order valence-corrected chi connectivity index (χ1v) is 9.23. The maximum absolute atomic E-state index is 5.41. The van der Waals surface area contributed by atoms with Crippen LogP contribution in [0.1, 0.15) is 75.8 Å². The van der Waals surface area contributed by atoms with Crippen LogP contribution >= 0.6 is 0 Å².